The number of fused-ring (bicyclic) bond motifs is 1. The molecule has 0 aliphatic rings. The zero-order valence-corrected chi connectivity index (χ0v) is 22.7. The molecule has 0 aliphatic heterocycles. The number of nitrogens with zero attached hydrogens (tertiary/aromatic N) is 6. The van der Waals surface area contributed by atoms with E-state index in [2.05, 4.69) is 30.4 Å². The maximum Gasteiger partial charge on any atom is 0.189 e. The van der Waals surface area contributed by atoms with Crippen molar-refractivity contribution in [2.45, 2.75) is 44.6 Å². The largest absolute Gasteiger partial charge is 0.495 e. The smallest absolute Gasteiger partial charge is 0.189 e. The first kappa shape index (κ1) is 25.5. The number of hydrogen-bond donors (Lipinski definition) is 1. The lowest BCUT2D eigenvalue weighted by Gasteiger charge is -2.20. The van der Waals surface area contributed by atoms with Crippen LogP contribution < -0.4 is 4.74 Å². The van der Waals surface area contributed by atoms with E-state index in [1.807, 2.05) is 63.2 Å². The van der Waals surface area contributed by atoms with Crippen molar-refractivity contribution in [1.82, 2.24) is 34.9 Å². The van der Waals surface area contributed by atoms with Crippen LogP contribution in [0.1, 0.15) is 42.5 Å². The number of hydrogen-bond acceptors (Lipinski definition) is 8. The van der Waals surface area contributed by atoms with Gasteiger partial charge in [0.2, 0.25) is 0 Å². The highest BCUT2D eigenvalue weighted by Crippen LogP contribution is 2.34. The molecule has 0 fully saturated rings. The molecule has 3 heterocycles. The minimum Gasteiger partial charge on any atom is -0.495 e. The summed E-state index contributed by atoms with van der Waals surface area (Å²) < 4.78 is 34.9. The van der Waals surface area contributed by atoms with E-state index < -0.39 is 21.0 Å². The van der Waals surface area contributed by atoms with Crippen LogP contribution in [0.3, 0.4) is 0 Å². The Labute approximate surface area is 221 Å². The second kappa shape index (κ2) is 9.97. The standard InChI is InChI=1S/C27H29N7O3S/c1-16-13-28-26(29-14-16)18(3)19(4)38(35,36)15-23-31-33-27(24-20-10-6-7-11-21(20)30-32-24)34(23)25-17(2)9-8-12-22(25)37-5/h6-14,18-19H,15H2,1-5H3,(H,30,32)/t18-,19-/m1/s1. The van der Waals surface area contributed by atoms with E-state index in [-0.39, 0.29) is 11.6 Å². The van der Waals surface area contributed by atoms with Crippen LogP contribution in [-0.2, 0) is 15.6 Å². The minimum absolute atomic E-state index is 0.267. The van der Waals surface area contributed by atoms with Gasteiger partial charge in [0.25, 0.3) is 0 Å². The number of benzene rings is 2. The second-order valence-corrected chi connectivity index (χ2v) is 11.8. The Kier molecular flexibility index (Phi) is 6.70. The third-order valence-electron chi connectivity index (χ3n) is 6.87. The maximum absolute atomic E-state index is 13.7. The molecule has 0 unspecified atom stereocenters. The summed E-state index contributed by atoms with van der Waals surface area (Å²) in [4.78, 5) is 8.70. The van der Waals surface area contributed by atoms with Gasteiger partial charge in [0.15, 0.2) is 21.5 Å². The van der Waals surface area contributed by atoms with Gasteiger partial charge in [0.05, 0.1) is 23.6 Å². The highest BCUT2D eigenvalue weighted by molar-refractivity contribution is 7.91. The summed E-state index contributed by atoms with van der Waals surface area (Å²) in [5.74, 6) is 0.986. The first-order valence-electron chi connectivity index (χ1n) is 12.2. The topological polar surface area (TPSA) is 129 Å². The molecule has 0 saturated carbocycles. The molecule has 0 aliphatic carbocycles. The lowest BCUT2D eigenvalue weighted by atomic mass is 10.1. The molecule has 2 atom stereocenters. The average molecular weight is 532 g/mol. The van der Waals surface area contributed by atoms with E-state index in [9.17, 15) is 8.42 Å². The van der Waals surface area contributed by atoms with E-state index in [1.54, 1.807) is 31.0 Å². The molecule has 10 nitrogen and oxygen atoms in total. The molecule has 0 radical (unpaired) electrons. The predicted octanol–water partition coefficient (Wildman–Crippen LogP) is 4.33. The van der Waals surface area contributed by atoms with Crippen molar-refractivity contribution in [2.24, 2.45) is 0 Å². The van der Waals surface area contributed by atoms with Crippen molar-refractivity contribution in [3.05, 3.63) is 77.6 Å². The number of aromatic nitrogens is 7. The Balaban J connectivity index is 1.63. The number of aromatic amines is 1. The van der Waals surface area contributed by atoms with E-state index in [0.29, 0.717) is 28.8 Å². The number of H-pyrrole nitrogens is 1. The van der Waals surface area contributed by atoms with Gasteiger partial charge < -0.3 is 4.74 Å². The molecule has 11 heteroatoms. The molecule has 0 saturated heterocycles. The van der Waals surface area contributed by atoms with E-state index in [4.69, 9.17) is 4.74 Å². The summed E-state index contributed by atoms with van der Waals surface area (Å²) in [7, 11) is -2.13. The van der Waals surface area contributed by atoms with Gasteiger partial charge in [-0.1, -0.05) is 37.3 Å². The molecule has 0 amide bonds. The predicted molar refractivity (Wildman–Crippen MR) is 145 cm³/mol. The highest BCUT2D eigenvalue weighted by atomic mass is 32.2. The number of aryl methyl sites for hydroxylation is 2. The van der Waals surface area contributed by atoms with E-state index in [1.165, 1.54) is 0 Å². The fraction of sp³-hybridized carbons (Fsp3) is 0.296. The number of ether oxygens (including phenoxy) is 1. The molecule has 196 valence electrons. The SMILES string of the molecule is COc1cccc(C)c1-n1c(CS(=O)(=O)[C@H](C)[C@@H](C)c2ncc(C)cn2)nnc1-c1n[nH]c2ccccc12. The number of rotatable bonds is 8. The summed E-state index contributed by atoms with van der Waals surface area (Å²) in [6.07, 6.45) is 3.39. The first-order valence-corrected chi connectivity index (χ1v) is 13.9. The van der Waals surface area contributed by atoms with Gasteiger partial charge in [0.1, 0.15) is 23.0 Å². The quantitative estimate of drug-likeness (QED) is 0.313. The summed E-state index contributed by atoms with van der Waals surface area (Å²) in [6.45, 7) is 7.33. The van der Waals surface area contributed by atoms with Crippen LogP contribution in [0.4, 0.5) is 0 Å². The summed E-state index contributed by atoms with van der Waals surface area (Å²) in [6, 6.07) is 13.3. The van der Waals surface area contributed by atoms with Gasteiger partial charge in [-0.3, -0.25) is 9.67 Å². The van der Waals surface area contributed by atoms with Crippen molar-refractivity contribution in [2.75, 3.05) is 7.11 Å². The molecule has 2 aromatic carbocycles. The maximum atomic E-state index is 13.7. The minimum atomic E-state index is -3.70. The van der Waals surface area contributed by atoms with Crippen LogP contribution in [0.25, 0.3) is 28.1 Å². The summed E-state index contributed by atoms with van der Waals surface area (Å²) >= 11 is 0. The molecule has 3 aromatic heterocycles. The first-order chi connectivity index (χ1) is 18.2. The number of sulfone groups is 1. The second-order valence-electron chi connectivity index (χ2n) is 9.44. The molecule has 5 rings (SSSR count). The molecule has 0 bridgehead atoms. The van der Waals surface area contributed by atoms with Gasteiger partial charge >= 0.3 is 0 Å². The average Bonchev–Trinajstić information content (AvgIpc) is 3.51. The number of para-hydroxylation sites is 2. The Morgan fingerprint density at radius 3 is 2.47 bits per heavy atom. The monoisotopic (exact) mass is 531 g/mol. The van der Waals surface area contributed by atoms with Crippen molar-refractivity contribution < 1.29 is 13.2 Å². The molecular formula is C27H29N7O3S. The van der Waals surface area contributed by atoms with E-state index >= 15 is 0 Å². The molecule has 5 aromatic rings. The Hall–Kier alpha value is -4.12. The fourth-order valence-corrected chi connectivity index (χ4v) is 6.04. The zero-order chi connectivity index (χ0) is 27.0. The third kappa shape index (κ3) is 4.53. The Morgan fingerprint density at radius 2 is 1.74 bits per heavy atom. The van der Waals surface area contributed by atoms with Gasteiger partial charge in [-0.25, -0.2) is 18.4 Å². The number of nitrogens with one attached hydrogen (secondary N) is 1. The van der Waals surface area contributed by atoms with Gasteiger partial charge in [0, 0.05) is 23.7 Å². The van der Waals surface area contributed by atoms with Crippen LogP contribution in [0.2, 0.25) is 0 Å². The van der Waals surface area contributed by atoms with Gasteiger partial charge in [-0.05, 0) is 44.0 Å². The molecular weight excluding hydrogens is 502 g/mol. The summed E-state index contributed by atoms with van der Waals surface area (Å²) in [5.41, 5.74) is 3.85. The van der Waals surface area contributed by atoms with Crippen molar-refractivity contribution in [1.29, 1.82) is 0 Å². The lowest BCUT2D eigenvalue weighted by molar-refractivity contribution is 0.412. The van der Waals surface area contributed by atoms with Crippen molar-refractivity contribution in [3.8, 4) is 23.0 Å². The van der Waals surface area contributed by atoms with Crippen molar-refractivity contribution in [3.63, 3.8) is 0 Å². The zero-order valence-electron chi connectivity index (χ0n) is 21.9. The van der Waals surface area contributed by atoms with Gasteiger partial charge in [-0.2, -0.15) is 5.10 Å². The highest BCUT2D eigenvalue weighted by Gasteiger charge is 2.33. The normalized spacial score (nSPS) is 13.5. The van der Waals surface area contributed by atoms with Crippen molar-refractivity contribution >= 4 is 20.7 Å². The molecule has 1 N–H and O–H groups in total. The third-order valence-corrected chi connectivity index (χ3v) is 9.07. The van der Waals surface area contributed by atoms with E-state index in [0.717, 1.165) is 22.0 Å². The van der Waals surface area contributed by atoms with Gasteiger partial charge in [-0.15, -0.1) is 10.2 Å². The van der Waals surface area contributed by atoms with Crippen LogP contribution in [-0.4, -0.2) is 55.7 Å². The lowest BCUT2D eigenvalue weighted by Crippen LogP contribution is -2.27. The van der Waals surface area contributed by atoms with Crippen LogP contribution in [0.5, 0.6) is 5.75 Å². The molecule has 38 heavy (non-hydrogen) atoms. The number of methoxy groups -OCH3 is 1. The van der Waals surface area contributed by atoms with Crippen LogP contribution >= 0.6 is 0 Å². The van der Waals surface area contributed by atoms with Crippen LogP contribution in [0.15, 0.2) is 54.9 Å². The Bertz CT molecular complexity index is 1710. The fourth-order valence-electron chi connectivity index (χ4n) is 4.49. The molecule has 0 spiro atoms. The summed E-state index contributed by atoms with van der Waals surface area (Å²) in [5, 5.41) is 16.4. The Morgan fingerprint density at radius 1 is 1.00 bits per heavy atom. The van der Waals surface area contributed by atoms with Crippen LogP contribution in [0, 0.1) is 13.8 Å².